The first-order chi connectivity index (χ1) is 10.6. The lowest BCUT2D eigenvalue weighted by Crippen LogP contribution is -2.18. The summed E-state index contributed by atoms with van der Waals surface area (Å²) >= 11 is 1.73. The summed E-state index contributed by atoms with van der Waals surface area (Å²) < 4.78 is 1.62. The van der Waals surface area contributed by atoms with Crippen LogP contribution in [-0.4, -0.2) is 25.6 Å². The molecular weight excluding hydrogens is 300 g/mol. The second-order valence-corrected chi connectivity index (χ2v) is 6.63. The zero-order valence-corrected chi connectivity index (χ0v) is 12.8. The van der Waals surface area contributed by atoms with Crippen molar-refractivity contribution in [3.8, 4) is 0 Å². The molecule has 1 atom stereocenters. The fraction of sp³-hybridized carbons (Fsp3) is 0.333. The van der Waals surface area contributed by atoms with Crippen molar-refractivity contribution < 1.29 is 9.90 Å². The van der Waals surface area contributed by atoms with Crippen LogP contribution >= 0.6 is 11.3 Å². The van der Waals surface area contributed by atoms with Gasteiger partial charge in [-0.1, -0.05) is 6.92 Å². The smallest absolute Gasteiger partial charge is 0.175 e. The zero-order chi connectivity index (χ0) is 15.3. The lowest BCUT2D eigenvalue weighted by Gasteiger charge is -2.18. The SMILES string of the molecule is C[C@@H]1CCCc2sc3ncn4nc(/C=C/C(=O)[O-])nc4c3c21. The third kappa shape index (κ3) is 2.00. The molecule has 0 saturated carbocycles. The van der Waals surface area contributed by atoms with E-state index in [1.54, 1.807) is 22.2 Å². The summed E-state index contributed by atoms with van der Waals surface area (Å²) in [7, 11) is 0. The Morgan fingerprint density at radius 3 is 3.23 bits per heavy atom. The zero-order valence-electron chi connectivity index (χ0n) is 11.9. The van der Waals surface area contributed by atoms with Gasteiger partial charge < -0.3 is 9.90 Å². The molecule has 1 aliphatic rings. The molecule has 0 spiro atoms. The van der Waals surface area contributed by atoms with Crippen LogP contribution < -0.4 is 5.11 Å². The van der Waals surface area contributed by atoms with E-state index in [0.29, 0.717) is 11.7 Å². The Balaban J connectivity index is 1.98. The number of aliphatic carboxylic acids is 1. The van der Waals surface area contributed by atoms with Gasteiger partial charge in [0.1, 0.15) is 11.2 Å². The molecule has 0 unspecified atom stereocenters. The van der Waals surface area contributed by atoms with Crippen molar-refractivity contribution in [1.29, 1.82) is 0 Å². The van der Waals surface area contributed by atoms with E-state index in [9.17, 15) is 9.90 Å². The minimum atomic E-state index is -1.26. The molecule has 0 saturated heterocycles. The Bertz CT molecular complexity index is 925. The fourth-order valence-corrected chi connectivity index (χ4v) is 4.41. The molecular formula is C15H13N4O2S-. The van der Waals surface area contributed by atoms with E-state index < -0.39 is 5.97 Å². The number of rotatable bonds is 2. The van der Waals surface area contributed by atoms with Gasteiger partial charge in [-0.2, -0.15) is 0 Å². The molecule has 0 amide bonds. The van der Waals surface area contributed by atoms with Gasteiger partial charge in [0.05, 0.1) is 11.4 Å². The number of carbonyl (C=O) groups is 1. The van der Waals surface area contributed by atoms with Gasteiger partial charge in [0.25, 0.3) is 0 Å². The maximum absolute atomic E-state index is 10.5. The molecule has 112 valence electrons. The predicted octanol–water partition coefficient (Wildman–Crippen LogP) is 1.54. The molecule has 7 heteroatoms. The molecule has 0 fully saturated rings. The van der Waals surface area contributed by atoms with Crippen LogP contribution in [0.2, 0.25) is 0 Å². The number of carboxylic acids is 1. The maximum Gasteiger partial charge on any atom is 0.175 e. The van der Waals surface area contributed by atoms with Gasteiger partial charge >= 0.3 is 0 Å². The number of thiophene rings is 1. The van der Waals surface area contributed by atoms with Crippen molar-refractivity contribution in [1.82, 2.24) is 19.6 Å². The van der Waals surface area contributed by atoms with Gasteiger partial charge in [-0.15, -0.1) is 16.4 Å². The quantitative estimate of drug-likeness (QED) is 0.670. The minimum Gasteiger partial charge on any atom is -0.545 e. The second-order valence-electron chi connectivity index (χ2n) is 5.55. The largest absolute Gasteiger partial charge is 0.545 e. The molecule has 22 heavy (non-hydrogen) atoms. The average Bonchev–Trinajstić information content (AvgIpc) is 3.05. The van der Waals surface area contributed by atoms with E-state index in [1.165, 1.54) is 29.4 Å². The lowest BCUT2D eigenvalue weighted by atomic mass is 9.87. The number of fused-ring (bicyclic) bond motifs is 5. The van der Waals surface area contributed by atoms with E-state index in [1.807, 2.05) is 0 Å². The van der Waals surface area contributed by atoms with Crippen LogP contribution in [0.1, 0.15) is 41.9 Å². The van der Waals surface area contributed by atoms with Crippen molar-refractivity contribution in [2.75, 3.05) is 0 Å². The normalized spacial score (nSPS) is 18.3. The average molecular weight is 313 g/mol. The Labute approximate surface area is 130 Å². The summed E-state index contributed by atoms with van der Waals surface area (Å²) in [5.41, 5.74) is 2.08. The topological polar surface area (TPSA) is 83.2 Å². The number of aromatic nitrogens is 4. The first kappa shape index (κ1) is 13.4. The van der Waals surface area contributed by atoms with Crippen LogP contribution in [-0.2, 0) is 11.2 Å². The highest BCUT2D eigenvalue weighted by Gasteiger charge is 2.24. The molecule has 3 aromatic rings. The minimum absolute atomic E-state index is 0.349. The molecule has 3 heterocycles. The van der Waals surface area contributed by atoms with E-state index >= 15 is 0 Å². The predicted molar refractivity (Wildman–Crippen MR) is 81.6 cm³/mol. The number of nitrogens with zero attached hydrogens (tertiary/aromatic N) is 4. The van der Waals surface area contributed by atoms with Crippen LogP contribution in [0.4, 0.5) is 0 Å². The summed E-state index contributed by atoms with van der Waals surface area (Å²) in [6.45, 7) is 2.24. The van der Waals surface area contributed by atoms with E-state index in [-0.39, 0.29) is 0 Å². The van der Waals surface area contributed by atoms with Crippen molar-refractivity contribution in [2.24, 2.45) is 0 Å². The first-order valence-corrected chi connectivity index (χ1v) is 8.01. The van der Waals surface area contributed by atoms with Crippen LogP contribution in [0, 0.1) is 0 Å². The van der Waals surface area contributed by atoms with Gasteiger partial charge in [0.2, 0.25) is 0 Å². The highest BCUT2D eigenvalue weighted by atomic mass is 32.1. The summed E-state index contributed by atoms with van der Waals surface area (Å²) in [4.78, 5) is 21.8. The molecule has 0 bridgehead atoms. The third-order valence-electron chi connectivity index (χ3n) is 4.06. The van der Waals surface area contributed by atoms with E-state index in [4.69, 9.17) is 0 Å². The van der Waals surface area contributed by atoms with Gasteiger partial charge in [0.15, 0.2) is 11.5 Å². The van der Waals surface area contributed by atoms with Gasteiger partial charge in [-0.3, -0.25) is 0 Å². The summed E-state index contributed by atoms with van der Waals surface area (Å²) in [6.07, 6.45) is 7.39. The molecule has 0 aromatic carbocycles. The molecule has 0 aliphatic heterocycles. The number of carboxylic acid groups (broad SMARTS) is 1. The molecule has 3 aromatic heterocycles. The Morgan fingerprint density at radius 2 is 2.41 bits per heavy atom. The molecule has 0 N–H and O–H groups in total. The molecule has 1 aliphatic carbocycles. The second kappa shape index (κ2) is 4.88. The number of hydrogen-bond donors (Lipinski definition) is 0. The Kier molecular flexibility index (Phi) is 2.97. The third-order valence-corrected chi connectivity index (χ3v) is 5.23. The Morgan fingerprint density at radius 1 is 1.55 bits per heavy atom. The van der Waals surface area contributed by atoms with Gasteiger partial charge in [-0.05, 0) is 42.9 Å². The van der Waals surface area contributed by atoms with Gasteiger partial charge in [-0.25, -0.2) is 14.5 Å². The molecule has 0 radical (unpaired) electrons. The summed E-state index contributed by atoms with van der Waals surface area (Å²) in [5.74, 6) is -0.421. The summed E-state index contributed by atoms with van der Waals surface area (Å²) in [5, 5.41) is 15.8. The van der Waals surface area contributed by atoms with Crippen molar-refractivity contribution in [2.45, 2.75) is 32.1 Å². The van der Waals surface area contributed by atoms with Crippen molar-refractivity contribution >= 4 is 39.2 Å². The van der Waals surface area contributed by atoms with Crippen LogP contribution in [0.15, 0.2) is 12.4 Å². The number of carbonyl (C=O) groups excluding carboxylic acids is 1. The standard InChI is InChI=1S/C15H14N4O2S/c1-8-3-2-4-9-12(8)13-14-17-10(5-6-11(20)21)18-19(14)7-16-15(13)22-9/h5-8H,2-4H2,1H3,(H,20,21)/p-1/b6-5+/t8-/m1/s1. The van der Waals surface area contributed by atoms with E-state index in [0.717, 1.165) is 28.4 Å². The van der Waals surface area contributed by atoms with E-state index in [2.05, 4.69) is 22.0 Å². The van der Waals surface area contributed by atoms with Gasteiger partial charge in [0, 0.05) is 4.88 Å². The highest BCUT2D eigenvalue weighted by Crippen LogP contribution is 2.42. The Hall–Kier alpha value is -2.28. The summed E-state index contributed by atoms with van der Waals surface area (Å²) in [6, 6.07) is 0. The number of hydrogen-bond acceptors (Lipinski definition) is 6. The fourth-order valence-electron chi connectivity index (χ4n) is 3.12. The molecule has 6 nitrogen and oxygen atoms in total. The highest BCUT2D eigenvalue weighted by molar-refractivity contribution is 7.19. The van der Waals surface area contributed by atoms with Crippen LogP contribution in [0.5, 0.6) is 0 Å². The monoisotopic (exact) mass is 313 g/mol. The molecule has 4 rings (SSSR count). The first-order valence-electron chi connectivity index (χ1n) is 7.19. The van der Waals surface area contributed by atoms with Crippen molar-refractivity contribution in [3.05, 3.63) is 28.7 Å². The van der Waals surface area contributed by atoms with Crippen LogP contribution in [0.25, 0.3) is 21.9 Å². The lowest BCUT2D eigenvalue weighted by molar-refractivity contribution is -0.297. The van der Waals surface area contributed by atoms with Crippen LogP contribution in [0.3, 0.4) is 0 Å². The number of aryl methyl sites for hydroxylation is 1. The van der Waals surface area contributed by atoms with Crippen molar-refractivity contribution in [3.63, 3.8) is 0 Å². The maximum atomic E-state index is 10.5.